The van der Waals surface area contributed by atoms with Gasteiger partial charge in [-0.05, 0) is 17.7 Å². The van der Waals surface area contributed by atoms with Gasteiger partial charge in [-0.2, -0.15) is 0 Å². The second-order valence-electron chi connectivity index (χ2n) is 3.03. The number of hydrogen-bond acceptors (Lipinski definition) is 5. The summed E-state index contributed by atoms with van der Waals surface area (Å²) in [7, 11) is 0. The molecule has 4 N–H and O–H groups in total. The first kappa shape index (κ1) is 12.5. The lowest BCUT2D eigenvalue weighted by molar-refractivity contribution is 0.0223. The van der Waals surface area contributed by atoms with Crippen molar-refractivity contribution in [2.24, 2.45) is 5.11 Å². The fraction of sp³-hybridized carbons (Fsp3) is 0.375. The zero-order valence-electron chi connectivity index (χ0n) is 8.16. The molecule has 1 rings (SSSR count). The number of rotatable bonds is 4. The van der Waals surface area contributed by atoms with Crippen LogP contribution in [-0.2, 0) is 0 Å². The van der Waals surface area contributed by atoms with E-state index in [0.29, 0.717) is 0 Å². The van der Waals surface area contributed by atoms with Crippen molar-refractivity contribution in [1.29, 1.82) is 0 Å². The molecule has 0 aliphatic carbocycles. The zero-order chi connectivity index (χ0) is 12.1. The third kappa shape index (κ3) is 2.98. The van der Waals surface area contributed by atoms with Crippen molar-refractivity contribution in [3.8, 4) is 0 Å². The van der Waals surface area contributed by atoms with E-state index in [2.05, 4.69) is 15.0 Å². The number of nitrogens with zero attached hydrogens (tertiary/aromatic N) is 4. The summed E-state index contributed by atoms with van der Waals surface area (Å²) >= 11 is 5.63. The fourth-order valence-electron chi connectivity index (χ4n) is 1.10. The maximum atomic E-state index is 9.69. The van der Waals surface area contributed by atoms with E-state index in [-0.39, 0.29) is 23.1 Å². The smallest absolute Gasteiger partial charge is 0.129 e. The van der Waals surface area contributed by atoms with Crippen LogP contribution in [0.5, 0.6) is 0 Å². The van der Waals surface area contributed by atoms with Gasteiger partial charge in [0.05, 0.1) is 24.0 Å². The van der Waals surface area contributed by atoms with Crippen LogP contribution in [0.3, 0.4) is 0 Å². The molecule has 2 atom stereocenters. The molecule has 0 aromatic carbocycles. The van der Waals surface area contributed by atoms with Crippen LogP contribution in [0.25, 0.3) is 10.4 Å². The van der Waals surface area contributed by atoms with Crippen molar-refractivity contribution in [3.05, 3.63) is 33.4 Å². The van der Waals surface area contributed by atoms with E-state index in [1.807, 2.05) is 0 Å². The molecular weight excluding hydrogens is 234 g/mol. The molecule has 86 valence electrons. The molecule has 2 unspecified atom stereocenters. The lowest BCUT2D eigenvalue weighted by atomic mass is 10.1. The highest BCUT2D eigenvalue weighted by Crippen LogP contribution is 2.23. The highest BCUT2D eigenvalue weighted by molar-refractivity contribution is 6.29. The second kappa shape index (κ2) is 5.53. The summed E-state index contributed by atoms with van der Waals surface area (Å²) in [6.45, 7) is -0.273. The van der Waals surface area contributed by atoms with Crippen molar-refractivity contribution in [1.82, 2.24) is 4.98 Å². The number of nitrogen functional groups attached to an aromatic ring is 1. The molecule has 1 aromatic rings. The topological polar surface area (TPSA) is 128 Å². The number of aromatic nitrogens is 1. The average Bonchev–Trinajstić information content (AvgIpc) is 2.28. The molecule has 0 amide bonds. The predicted molar refractivity (Wildman–Crippen MR) is 58.6 cm³/mol. The minimum Gasteiger partial charge on any atom is -0.397 e. The largest absolute Gasteiger partial charge is 0.397 e. The Morgan fingerprint density at radius 1 is 1.56 bits per heavy atom. The van der Waals surface area contributed by atoms with Crippen LogP contribution in [0.1, 0.15) is 11.8 Å². The number of hydrogen-bond donors (Lipinski definition) is 3. The van der Waals surface area contributed by atoms with Gasteiger partial charge in [0.2, 0.25) is 0 Å². The van der Waals surface area contributed by atoms with Gasteiger partial charge >= 0.3 is 0 Å². The van der Waals surface area contributed by atoms with Crippen molar-refractivity contribution in [3.63, 3.8) is 0 Å². The Hall–Kier alpha value is -1.53. The maximum Gasteiger partial charge on any atom is 0.129 e. The third-order valence-corrected chi connectivity index (χ3v) is 2.11. The maximum absolute atomic E-state index is 9.69. The molecule has 0 spiro atoms. The number of pyridine rings is 1. The molecule has 16 heavy (non-hydrogen) atoms. The molecule has 1 heterocycles. The number of aliphatic hydroxyl groups is 2. The Balaban J connectivity index is 2.90. The van der Waals surface area contributed by atoms with E-state index in [4.69, 9.17) is 22.9 Å². The van der Waals surface area contributed by atoms with Gasteiger partial charge in [0.1, 0.15) is 11.3 Å². The van der Waals surface area contributed by atoms with Gasteiger partial charge in [0, 0.05) is 4.91 Å². The monoisotopic (exact) mass is 243 g/mol. The lowest BCUT2D eigenvalue weighted by Crippen LogP contribution is -2.23. The molecule has 8 heteroatoms. The number of halogens is 1. The Bertz CT molecular complexity index is 421. The molecule has 0 radical (unpaired) electrons. The molecule has 0 aliphatic rings. The fourth-order valence-corrected chi connectivity index (χ4v) is 1.25. The van der Waals surface area contributed by atoms with Crippen LogP contribution in [0.2, 0.25) is 5.15 Å². The quantitative estimate of drug-likeness (QED) is 0.316. The summed E-state index contributed by atoms with van der Waals surface area (Å²) in [5.74, 6) is 0. The highest BCUT2D eigenvalue weighted by atomic mass is 35.5. The first-order chi connectivity index (χ1) is 7.56. The van der Waals surface area contributed by atoms with Crippen LogP contribution >= 0.6 is 11.6 Å². The second-order valence-corrected chi connectivity index (χ2v) is 3.42. The van der Waals surface area contributed by atoms with E-state index >= 15 is 0 Å². The third-order valence-electron chi connectivity index (χ3n) is 1.90. The molecule has 7 nitrogen and oxygen atoms in total. The van der Waals surface area contributed by atoms with Crippen LogP contribution in [0, 0.1) is 0 Å². The summed E-state index contributed by atoms with van der Waals surface area (Å²) in [5.41, 5.74) is 13.9. The normalized spacial score (nSPS) is 13.9. The van der Waals surface area contributed by atoms with Gasteiger partial charge < -0.3 is 15.9 Å². The minimum absolute atomic E-state index is 0.0631. The first-order valence-electron chi connectivity index (χ1n) is 4.35. The van der Waals surface area contributed by atoms with E-state index in [9.17, 15) is 10.2 Å². The summed E-state index contributed by atoms with van der Waals surface area (Å²) < 4.78 is 0. The van der Waals surface area contributed by atoms with Gasteiger partial charge in [0.15, 0.2) is 0 Å². The Morgan fingerprint density at radius 2 is 2.25 bits per heavy atom. The first-order valence-corrected chi connectivity index (χ1v) is 4.73. The number of aliphatic hydroxyl groups excluding tert-OH is 2. The van der Waals surface area contributed by atoms with E-state index in [1.54, 1.807) is 0 Å². The van der Waals surface area contributed by atoms with Gasteiger partial charge in [-0.25, -0.2) is 4.98 Å². The van der Waals surface area contributed by atoms with E-state index in [0.717, 1.165) is 0 Å². The van der Waals surface area contributed by atoms with E-state index in [1.165, 1.54) is 12.1 Å². The Labute approximate surface area is 96.1 Å². The SMILES string of the molecule is [N-]=[N+]=NCC(O)C(O)c1nc(Cl)ccc1N. The summed E-state index contributed by atoms with van der Waals surface area (Å²) in [6, 6.07) is 2.93. The van der Waals surface area contributed by atoms with E-state index < -0.39 is 12.2 Å². The standard InChI is InChI=1S/C8H10ClN5O2/c9-6-2-1-4(10)7(13-6)8(16)5(15)3-12-14-11/h1-2,5,8,15-16H,3,10H2. The molecule has 0 saturated carbocycles. The van der Waals surface area contributed by atoms with Crippen molar-refractivity contribution < 1.29 is 10.2 Å². The van der Waals surface area contributed by atoms with Crippen LogP contribution in [0.4, 0.5) is 5.69 Å². The van der Waals surface area contributed by atoms with Crippen LogP contribution < -0.4 is 5.73 Å². The van der Waals surface area contributed by atoms with Crippen molar-refractivity contribution in [2.45, 2.75) is 12.2 Å². The summed E-state index contributed by atoms with van der Waals surface area (Å²) in [6.07, 6.45) is -2.62. The molecule has 0 aliphatic heterocycles. The summed E-state index contributed by atoms with van der Waals surface area (Å²) in [5, 5.41) is 22.4. The lowest BCUT2D eigenvalue weighted by Gasteiger charge is -2.16. The van der Waals surface area contributed by atoms with Crippen LogP contribution in [-0.4, -0.2) is 27.8 Å². The Morgan fingerprint density at radius 3 is 2.88 bits per heavy atom. The van der Waals surface area contributed by atoms with Crippen molar-refractivity contribution in [2.75, 3.05) is 12.3 Å². The van der Waals surface area contributed by atoms with Gasteiger partial charge in [0.25, 0.3) is 0 Å². The number of anilines is 1. The number of azide groups is 1. The molecular formula is C8H10ClN5O2. The Kier molecular flexibility index (Phi) is 4.33. The predicted octanol–water partition coefficient (Wildman–Crippen LogP) is 1.02. The molecule has 1 aromatic heterocycles. The molecule has 0 fully saturated rings. The number of nitrogens with two attached hydrogens (primary N) is 1. The zero-order valence-corrected chi connectivity index (χ0v) is 8.91. The van der Waals surface area contributed by atoms with Crippen LogP contribution in [0.15, 0.2) is 17.2 Å². The van der Waals surface area contributed by atoms with Crippen molar-refractivity contribution >= 4 is 17.3 Å². The highest BCUT2D eigenvalue weighted by Gasteiger charge is 2.21. The van der Waals surface area contributed by atoms with Gasteiger partial charge in [-0.3, -0.25) is 0 Å². The molecule has 0 bridgehead atoms. The average molecular weight is 244 g/mol. The molecule has 0 saturated heterocycles. The van der Waals surface area contributed by atoms with Gasteiger partial charge in [-0.15, -0.1) is 0 Å². The van der Waals surface area contributed by atoms with Gasteiger partial charge in [-0.1, -0.05) is 16.7 Å². The summed E-state index contributed by atoms with van der Waals surface area (Å²) in [4.78, 5) is 6.27. The minimum atomic E-state index is -1.34.